The molecule has 1 saturated heterocycles. The number of benzene rings is 2. The van der Waals surface area contributed by atoms with Crippen LogP contribution in [0.5, 0.6) is 11.5 Å². The molecule has 1 fully saturated rings. The van der Waals surface area contributed by atoms with E-state index in [4.69, 9.17) is 21.1 Å². The van der Waals surface area contributed by atoms with Crippen LogP contribution >= 0.6 is 11.6 Å². The van der Waals surface area contributed by atoms with Crippen molar-refractivity contribution in [3.8, 4) is 11.5 Å². The third-order valence-corrected chi connectivity index (χ3v) is 7.68. The van der Waals surface area contributed by atoms with E-state index in [0.29, 0.717) is 67.2 Å². The van der Waals surface area contributed by atoms with Crippen LogP contribution in [0.25, 0.3) is 0 Å². The smallest absolute Gasteiger partial charge is 0.285 e. The highest BCUT2D eigenvalue weighted by Crippen LogP contribution is 2.38. The highest BCUT2D eigenvalue weighted by Gasteiger charge is 2.35. The SMILES string of the molecule is O=C(NCCc1cc(Cl)c2c(c1)OCCO2)[C@H]1CCCN(C2=NS(=O)(=O)c3ccccc32)C1. The fraction of sp³-hybridized carbons (Fsp3) is 0.391. The summed E-state index contributed by atoms with van der Waals surface area (Å²) in [7, 11) is -3.68. The number of amidine groups is 1. The second kappa shape index (κ2) is 8.87. The molecule has 1 atom stereocenters. The van der Waals surface area contributed by atoms with Crippen LogP contribution in [0.1, 0.15) is 24.0 Å². The lowest BCUT2D eigenvalue weighted by Gasteiger charge is -2.33. The van der Waals surface area contributed by atoms with Gasteiger partial charge in [-0.1, -0.05) is 23.7 Å². The quantitative estimate of drug-likeness (QED) is 0.709. The lowest BCUT2D eigenvalue weighted by molar-refractivity contribution is -0.126. The van der Waals surface area contributed by atoms with Crippen LogP contribution in [-0.4, -0.2) is 57.9 Å². The highest BCUT2D eigenvalue weighted by atomic mass is 35.5. The van der Waals surface area contributed by atoms with Crippen LogP contribution in [-0.2, 0) is 21.2 Å². The molecule has 0 aliphatic carbocycles. The molecule has 0 spiro atoms. The molecular formula is C23H24ClN3O5S. The molecule has 3 heterocycles. The fourth-order valence-electron chi connectivity index (χ4n) is 4.48. The summed E-state index contributed by atoms with van der Waals surface area (Å²) in [5, 5.41) is 3.51. The molecule has 0 aromatic heterocycles. The van der Waals surface area contributed by atoms with Crippen molar-refractivity contribution < 1.29 is 22.7 Å². The molecule has 8 nitrogen and oxygen atoms in total. The van der Waals surface area contributed by atoms with Gasteiger partial charge in [0.25, 0.3) is 10.0 Å². The lowest BCUT2D eigenvalue weighted by atomic mass is 9.96. The third-order valence-electron chi connectivity index (χ3n) is 6.07. The predicted molar refractivity (Wildman–Crippen MR) is 124 cm³/mol. The zero-order chi connectivity index (χ0) is 23.0. The van der Waals surface area contributed by atoms with Crippen molar-refractivity contribution in [2.45, 2.75) is 24.2 Å². The van der Waals surface area contributed by atoms with Crippen LogP contribution in [0.15, 0.2) is 45.7 Å². The van der Waals surface area contributed by atoms with Crippen LogP contribution in [0.4, 0.5) is 0 Å². The van der Waals surface area contributed by atoms with E-state index in [1.165, 1.54) is 0 Å². The summed E-state index contributed by atoms with van der Waals surface area (Å²) in [6.45, 7) is 2.53. The Hall–Kier alpha value is -2.78. The van der Waals surface area contributed by atoms with E-state index in [9.17, 15) is 13.2 Å². The summed E-state index contributed by atoms with van der Waals surface area (Å²) >= 11 is 6.29. The van der Waals surface area contributed by atoms with Crippen LogP contribution in [0.3, 0.4) is 0 Å². The number of nitrogens with one attached hydrogen (secondary N) is 1. The van der Waals surface area contributed by atoms with E-state index in [1.54, 1.807) is 24.3 Å². The fourth-order valence-corrected chi connectivity index (χ4v) is 6.00. The second-order valence-corrected chi connectivity index (χ2v) is 10.3. The Labute approximate surface area is 197 Å². The first kappa shape index (κ1) is 22.0. The van der Waals surface area contributed by atoms with Crippen molar-refractivity contribution in [3.63, 3.8) is 0 Å². The Morgan fingerprint density at radius 1 is 1.21 bits per heavy atom. The first-order valence-corrected chi connectivity index (χ1v) is 12.8. The minimum Gasteiger partial charge on any atom is -0.486 e. The van der Waals surface area contributed by atoms with Crippen molar-refractivity contribution in [3.05, 3.63) is 52.5 Å². The van der Waals surface area contributed by atoms with E-state index in [2.05, 4.69) is 9.71 Å². The van der Waals surface area contributed by atoms with Gasteiger partial charge in [0.1, 0.15) is 18.1 Å². The molecule has 0 bridgehead atoms. The molecule has 10 heteroatoms. The standard InChI is InChI=1S/C23H24ClN3O5S/c24-18-12-15(13-19-21(18)32-11-10-31-19)7-8-25-23(28)16-4-3-9-27(14-16)22-17-5-1-2-6-20(17)33(29,30)26-22/h1-2,5-6,12-13,16H,3-4,7-11,14H2,(H,25,28)/t16-/m0/s1. The zero-order valence-electron chi connectivity index (χ0n) is 17.9. The molecular weight excluding hydrogens is 466 g/mol. The van der Waals surface area contributed by atoms with Crippen molar-refractivity contribution in [2.24, 2.45) is 10.3 Å². The van der Waals surface area contributed by atoms with Gasteiger partial charge in [-0.2, -0.15) is 8.42 Å². The molecule has 3 aliphatic heterocycles. The second-order valence-electron chi connectivity index (χ2n) is 8.31. The zero-order valence-corrected chi connectivity index (χ0v) is 19.5. The minimum atomic E-state index is -3.68. The topological polar surface area (TPSA) is 97.3 Å². The molecule has 2 aromatic rings. The number of rotatable bonds is 4. The number of carbonyl (C=O) groups excluding carboxylic acids is 1. The van der Waals surface area contributed by atoms with Gasteiger partial charge in [0.05, 0.1) is 10.9 Å². The van der Waals surface area contributed by atoms with E-state index in [0.717, 1.165) is 18.4 Å². The van der Waals surface area contributed by atoms with Gasteiger partial charge in [0.15, 0.2) is 17.3 Å². The van der Waals surface area contributed by atoms with Crippen LogP contribution < -0.4 is 14.8 Å². The molecule has 0 saturated carbocycles. The highest BCUT2D eigenvalue weighted by molar-refractivity contribution is 7.90. The van der Waals surface area contributed by atoms with Crippen LogP contribution in [0, 0.1) is 5.92 Å². The van der Waals surface area contributed by atoms with Gasteiger partial charge in [-0.25, -0.2) is 0 Å². The summed E-state index contributed by atoms with van der Waals surface area (Å²) in [4.78, 5) is 15.0. The molecule has 0 unspecified atom stereocenters. The Kier molecular flexibility index (Phi) is 5.92. The van der Waals surface area contributed by atoms with Crippen LogP contribution in [0.2, 0.25) is 5.02 Å². The van der Waals surface area contributed by atoms with Gasteiger partial charge in [0.2, 0.25) is 5.91 Å². The first-order valence-electron chi connectivity index (χ1n) is 11.0. The number of sulfonamides is 1. The molecule has 0 radical (unpaired) electrons. The number of nitrogens with zero attached hydrogens (tertiary/aromatic N) is 2. The van der Waals surface area contributed by atoms with Crippen molar-refractivity contribution in [1.82, 2.24) is 10.2 Å². The monoisotopic (exact) mass is 489 g/mol. The van der Waals surface area contributed by atoms with Gasteiger partial charge in [-0.3, -0.25) is 4.79 Å². The van der Waals surface area contributed by atoms with Gasteiger partial charge in [-0.05, 0) is 49.1 Å². The maximum atomic E-state index is 12.9. The number of hydrogen-bond acceptors (Lipinski definition) is 6. The van der Waals surface area contributed by atoms with Gasteiger partial charge in [-0.15, -0.1) is 4.40 Å². The molecule has 1 N–H and O–H groups in total. The lowest BCUT2D eigenvalue weighted by Crippen LogP contribution is -2.45. The Morgan fingerprint density at radius 3 is 2.91 bits per heavy atom. The van der Waals surface area contributed by atoms with E-state index >= 15 is 0 Å². The van der Waals surface area contributed by atoms with E-state index in [-0.39, 0.29) is 16.7 Å². The van der Waals surface area contributed by atoms with Crippen molar-refractivity contribution in [2.75, 3.05) is 32.8 Å². The van der Waals surface area contributed by atoms with Gasteiger partial charge >= 0.3 is 0 Å². The number of piperidine rings is 1. The first-order chi connectivity index (χ1) is 15.9. The number of likely N-dealkylation sites (tertiary alicyclic amines) is 1. The number of carbonyl (C=O) groups is 1. The largest absolute Gasteiger partial charge is 0.486 e. The van der Waals surface area contributed by atoms with Crippen molar-refractivity contribution >= 4 is 33.4 Å². The Morgan fingerprint density at radius 2 is 2.03 bits per heavy atom. The summed E-state index contributed by atoms with van der Waals surface area (Å²) in [6.07, 6.45) is 2.15. The summed E-state index contributed by atoms with van der Waals surface area (Å²) < 4.78 is 39.9. The Balaban J connectivity index is 1.21. The van der Waals surface area contributed by atoms with Crippen molar-refractivity contribution in [1.29, 1.82) is 0 Å². The average Bonchev–Trinajstić information content (AvgIpc) is 3.10. The molecule has 5 rings (SSSR count). The van der Waals surface area contributed by atoms with E-state index < -0.39 is 10.0 Å². The summed E-state index contributed by atoms with van der Waals surface area (Å²) in [6, 6.07) is 10.6. The Bertz CT molecular complexity index is 1230. The summed E-state index contributed by atoms with van der Waals surface area (Å²) in [5.74, 6) is 1.36. The number of halogens is 1. The van der Waals surface area contributed by atoms with E-state index in [1.807, 2.05) is 17.0 Å². The molecule has 1 amide bonds. The number of fused-ring (bicyclic) bond motifs is 2. The number of ether oxygens (including phenoxy) is 2. The minimum absolute atomic E-state index is 0.0434. The third kappa shape index (κ3) is 4.39. The van der Waals surface area contributed by atoms with Gasteiger partial charge in [0, 0.05) is 25.2 Å². The normalized spacial score (nSPS) is 20.7. The maximum Gasteiger partial charge on any atom is 0.285 e. The number of amides is 1. The van der Waals surface area contributed by atoms with Gasteiger partial charge < -0.3 is 19.7 Å². The maximum absolute atomic E-state index is 12.9. The number of hydrogen-bond donors (Lipinski definition) is 1. The molecule has 33 heavy (non-hydrogen) atoms. The molecule has 174 valence electrons. The summed E-state index contributed by atoms with van der Waals surface area (Å²) in [5.41, 5.74) is 1.56. The predicted octanol–water partition coefficient (Wildman–Crippen LogP) is 2.63. The molecule has 2 aromatic carbocycles. The molecule has 3 aliphatic rings. The average molecular weight is 490 g/mol.